The second-order valence-corrected chi connectivity index (χ2v) is 4.29. The molecular formula is C10H23N. The van der Waals surface area contributed by atoms with Gasteiger partial charge in [-0.05, 0) is 25.7 Å². The highest BCUT2D eigenvalue weighted by molar-refractivity contribution is 4.75. The van der Waals surface area contributed by atoms with Crippen molar-refractivity contribution in [2.24, 2.45) is 11.7 Å². The van der Waals surface area contributed by atoms with Crippen molar-refractivity contribution in [3.05, 3.63) is 0 Å². The van der Waals surface area contributed by atoms with Crippen molar-refractivity contribution in [1.29, 1.82) is 0 Å². The average molecular weight is 157 g/mol. The first-order chi connectivity index (χ1) is 4.98. The maximum Gasteiger partial charge on any atom is 0.0123 e. The van der Waals surface area contributed by atoms with Crippen molar-refractivity contribution in [3.63, 3.8) is 0 Å². The monoisotopic (exact) mass is 157 g/mol. The minimum atomic E-state index is 0.0783. The van der Waals surface area contributed by atoms with E-state index in [1.54, 1.807) is 0 Å². The molecule has 0 aliphatic heterocycles. The van der Waals surface area contributed by atoms with Gasteiger partial charge in [0.05, 0.1) is 0 Å². The van der Waals surface area contributed by atoms with Crippen LogP contribution in [0.4, 0.5) is 0 Å². The molecule has 0 aromatic carbocycles. The molecule has 0 fully saturated rings. The van der Waals surface area contributed by atoms with Crippen molar-refractivity contribution < 1.29 is 0 Å². The van der Waals surface area contributed by atoms with E-state index in [2.05, 4.69) is 27.7 Å². The second kappa shape index (κ2) is 4.76. The zero-order valence-corrected chi connectivity index (χ0v) is 8.48. The smallest absolute Gasteiger partial charge is 0.0123 e. The summed E-state index contributed by atoms with van der Waals surface area (Å²) in [5, 5.41) is 0. The van der Waals surface area contributed by atoms with Crippen LogP contribution in [0.25, 0.3) is 0 Å². The largest absolute Gasteiger partial charge is 0.325 e. The topological polar surface area (TPSA) is 26.0 Å². The number of nitrogens with two attached hydrogens (primary N) is 1. The van der Waals surface area contributed by atoms with Crippen LogP contribution < -0.4 is 5.73 Å². The summed E-state index contributed by atoms with van der Waals surface area (Å²) in [5.74, 6) is 0.822. The van der Waals surface area contributed by atoms with Crippen LogP contribution in [0.2, 0.25) is 0 Å². The van der Waals surface area contributed by atoms with E-state index in [1.165, 1.54) is 19.3 Å². The third kappa shape index (κ3) is 6.36. The van der Waals surface area contributed by atoms with Crippen molar-refractivity contribution in [1.82, 2.24) is 0 Å². The fourth-order valence-electron chi connectivity index (χ4n) is 1.09. The fourth-order valence-corrected chi connectivity index (χ4v) is 1.09. The lowest BCUT2D eigenvalue weighted by molar-refractivity contribution is 0.383. The molecule has 68 valence electrons. The van der Waals surface area contributed by atoms with Gasteiger partial charge in [0.2, 0.25) is 0 Å². The van der Waals surface area contributed by atoms with E-state index in [1.807, 2.05) is 0 Å². The summed E-state index contributed by atoms with van der Waals surface area (Å²) < 4.78 is 0. The summed E-state index contributed by atoms with van der Waals surface area (Å²) in [6.07, 6.45) is 4.85. The lowest BCUT2D eigenvalue weighted by Gasteiger charge is -2.22. The highest BCUT2D eigenvalue weighted by Gasteiger charge is 2.14. The molecule has 0 heterocycles. The Labute approximate surface area is 71.4 Å². The predicted molar refractivity (Wildman–Crippen MR) is 51.6 cm³/mol. The van der Waals surface area contributed by atoms with Gasteiger partial charge < -0.3 is 5.73 Å². The molecule has 0 amide bonds. The minimum Gasteiger partial charge on any atom is -0.325 e. The maximum absolute atomic E-state index is 6.00. The van der Waals surface area contributed by atoms with E-state index in [0.717, 1.165) is 12.3 Å². The Morgan fingerprint density at radius 2 is 1.91 bits per heavy atom. The number of hydrogen-bond donors (Lipinski definition) is 1. The Balaban J connectivity index is 3.38. The molecule has 0 bridgehead atoms. The summed E-state index contributed by atoms with van der Waals surface area (Å²) >= 11 is 0. The van der Waals surface area contributed by atoms with Gasteiger partial charge in [-0.2, -0.15) is 0 Å². The Morgan fingerprint density at radius 3 is 2.27 bits per heavy atom. The molecule has 0 spiro atoms. The number of hydrogen-bond acceptors (Lipinski definition) is 1. The average Bonchev–Trinajstić information content (AvgIpc) is 1.87. The Hall–Kier alpha value is -0.0400. The zero-order chi connectivity index (χ0) is 8.91. The lowest BCUT2D eigenvalue weighted by Crippen LogP contribution is -2.34. The van der Waals surface area contributed by atoms with Crippen molar-refractivity contribution in [2.75, 3.05) is 0 Å². The molecule has 1 unspecified atom stereocenters. The Kier molecular flexibility index (Phi) is 4.74. The van der Waals surface area contributed by atoms with Crippen molar-refractivity contribution in [3.8, 4) is 0 Å². The Bertz CT molecular complexity index is 95.0. The Morgan fingerprint density at radius 1 is 1.36 bits per heavy atom. The van der Waals surface area contributed by atoms with Gasteiger partial charge in [-0.25, -0.2) is 0 Å². The van der Waals surface area contributed by atoms with E-state index >= 15 is 0 Å². The lowest BCUT2D eigenvalue weighted by atomic mass is 9.91. The molecule has 2 N–H and O–H groups in total. The minimum absolute atomic E-state index is 0.0783. The second-order valence-electron chi connectivity index (χ2n) is 4.29. The molecule has 0 rings (SSSR count). The van der Waals surface area contributed by atoms with Crippen LogP contribution in [0.3, 0.4) is 0 Å². The van der Waals surface area contributed by atoms with Gasteiger partial charge in [0.1, 0.15) is 0 Å². The van der Waals surface area contributed by atoms with Crippen LogP contribution in [0.5, 0.6) is 0 Å². The molecular weight excluding hydrogens is 134 g/mol. The van der Waals surface area contributed by atoms with Gasteiger partial charge in [-0.15, -0.1) is 0 Å². The molecule has 0 aromatic rings. The highest BCUT2D eigenvalue weighted by Crippen LogP contribution is 2.16. The molecule has 0 saturated carbocycles. The van der Waals surface area contributed by atoms with Gasteiger partial charge in [0, 0.05) is 5.54 Å². The molecule has 0 aliphatic rings. The van der Waals surface area contributed by atoms with Gasteiger partial charge in [-0.1, -0.05) is 33.6 Å². The first kappa shape index (κ1) is 11.0. The van der Waals surface area contributed by atoms with Gasteiger partial charge in [0.25, 0.3) is 0 Å². The van der Waals surface area contributed by atoms with E-state index in [0.29, 0.717) is 0 Å². The quantitative estimate of drug-likeness (QED) is 0.652. The van der Waals surface area contributed by atoms with E-state index in [9.17, 15) is 0 Å². The van der Waals surface area contributed by atoms with Crippen molar-refractivity contribution >= 4 is 0 Å². The third-order valence-electron chi connectivity index (χ3n) is 2.34. The normalized spacial score (nSPS) is 16.9. The molecule has 1 nitrogen and oxygen atoms in total. The van der Waals surface area contributed by atoms with Crippen LogP contribution >= 0.6 is 0 Å². The van der Waals surface area contributed by atoms with E-state index < -0.39 is 0 Å². The number of rotatable bonds is 5. The van der Waals surface area contributed by atoms with E-state index in [-0.39, 0.29) is 5.54 Å². The standard InChI is InChI=1S/C10H23N/c1-5-10(4,11)8-6-7-9(2)3/h9H,5-8,11H2,1-4H3. The summed E-state index contributed by atoms with van der Waals surface area (Å²) in [4.78, 5) is 0. The third-order valence-corrected chi connectivity index (χ3v) is 2.34. The summed E-state index contributed by atoms with van der Waals surface area (Å²) in [7, 11) is 0. The summed E-state index contributed by atoms with van der Waals surface area (Å²) in [5.41, 5.74) is 6.08. The molecule has 1 atom stereocenters. The van der Waals surface area contributed by atoms with E-state index in [4.69, 9.17) is 5.73 Å². The van der Waals surface area contributed by atoms with Crippen LogP contribution in [0.1, 0.15) is 53.4 Å². The summed E-state index contributed by atoms with van der Waals surface area (Å²) in [6, 6.07) is 0. The SMILES string of the molecule is CCC(C)(N)CCCC(C)C. The van der Waals surface area contributed by atoms with Gasteiger partial charge in [-0.3, -0.25) is 0 Å². The van der Waals surface area contributed by atoms with Crippen molar-refractivity contribution in [2.45, 2.75) is 58.9 Å². The molecule has 11 heavy (non-hydrogen) atoms. The first-order valence-electron chi connectivity index (χ1n) is 4.77. The fraction of sp³-hybridized carbons (Fsp3) is 1.00. The molecule has 0 radical (unpaired) electrons. The van der Waals surface area contributed by atoms with Crippen LogP contribution in [0.15, 0.2) is 0 Å². The maximum atomic E-state index is 6.00. The molecule has 0 aliphatic carbocycles. The van der Waals surface area contributed by atoms with Gasteiger partial charge in [0.15, 0.2) is 0 Å². The summed E-state index contributed by atoms with van der Waals surface area (Å²) in [6.45, 7) is 8.84. The molecule has 1 heteroatoms. The first-order valence-corrected chi connectivity index (χ1v) is 4.77. The van der Waals surface area contributed by atoms with Gasteiger partial charge >= 0.3 is 0 Å². The zero-order valence-electron chi connectivity index (χ0n) is 8.48. The van der Waals surface area contributed by atoms with Crippen LogP contribution in [-0.4, -0.2) is 5.54 Å². The predicted octanol–water partition coefficient (Wildman–Crippen LogP) is 2.94. The van der Waals surface area contributed by atoms with Crippen LogP contribution in [0, 0.1) is 5.92 Å². The van der Waals surface area contributed by atoms with Crippen LogP contribution in [-0.2, 0) is 0 Å². The molecule has 0 aromatic heterocycles. The molecule has 0 saturated heterocycles. The highest BCUT2D eigenvalue weighted by atomic mass is 14.7.